The fraction of sp³-hybridized carbons (Fsp3) is 0.350. The molecule has 0 radical (unpaired) electrons. The molecule has 1 heterocycles. The molecule has 0 fully saturated rings. The van der Waals surface area contributed by atoms with Crippen LogP contribution in [0.15, 0.2) is 41.3 Å². The SMILES string of the molecule is CCOc1cc2c(cc1NC(=O)CSc1ccc(C)cc1)O[C@H](C)C2. The monoisotopic (exact) mass is 357 g/mol. The van der Waals surface area contributed by atoms with Crippen molar-refractivity contribution in [3.8, 4) is 11.5 Å². The standard InChI is InChI=1S/C20H23NO3S/c1-4-23-19-10-15-9-14(3)24-18(15)11-17(19)21-20(22)12-25-16-7-5-13(2)6-8-16/h5-8,10-11,14H,4,9,12H2,1-3H3,(H,21,22)/t14-/m1/s1. The number of thioether (sulfide) groups is 1. The Morgan fingerprint density at radius 1 is 1.32 bits per heavy atom. The smallest absolute Gasteiger partial charge is 0.234 e. The first kappa shape index (κ1) is 17.7. The molecule has 2 aromatic carbocycles. The van der Waals surface area contributed by atoms with E-state index in [0.29, 0.717) is 23.8 Å². The molecular weight excluding hydrogens is 334 g/mol. The Labute approximate surface area is 152 Å². The van der Waals surface area contributed by atoms with Crippen molar-refractivity contribution in [1.82, 2.24) is 0 Å². The van der Waals surface area contributed by atoms with Gasteiger partial charge in [0.1, 0.15) is 17.6 Å². The number of fused-ring (bicyclic) bond motifs is 1. The van der Waals surface area contributed by atoms with Crippen molar-refractivity contribution >= 4 is 23.4 Å². The zero-order valence-corrected chi connectivity index (χ0v) is 15.6. The molecule has 1 aliphatic rings. The summed E-state index contributed by atoms with van der Waals surface area (Å²) in [6, 6.07) is 12.0. The first-order valence-corrected chi connectivity index (χ1v) is 9.49. The van der Waals surface area contributed by atoms with Gasteiger partial charge in [-0.05, 0) is 39.0 Å². The normalized spacial score (nSPS) is 15.4. The fourth-order valence-electron chi connectivity index (χ4n) is 2.78. The van der Waals surface area contributed by atoms with E-state index in [1.54, 1.807) is 0 Å². The second-order valence-electron chi connectivity index (χ2n) is 6.17. The number of amides is 1. The largest absolute Gasteiger partial charge is 0.492 e. The summed E-state index contributed by atoms with van der Waals surface area (Å²) >= 11 is 1.52. The second-order valence-corrected chi connectivity index (χ2v) is 7.22. The molecule has 132 valence electrons. The maximum absolute atomic E-state index is 12.3. The van der Waals surface area contributed by atoms with Crippen LogP contribution in [0.25, 0.3) is 0 Å². The van der Waals surface area contributed by atoms with Crippen molar-refractivity contribution in [3.63, 3.8) is 0 Å². The Bertz CT molecular complexity index is 758. The summed E-state index contributed by atoms with van der Waals surface area (Å²) in [6.07, 6.45) is 1.03. The van der Waals surface area contributed by atoms with Crippen LogP contribution in [0.4, 0.5) is 5.69 Å². The Morgan fingerprint density at radius 2 is 2.08 bits per heavy atom. The van der Waals surface area contributed by atoms with Gasteiger partial charge in [0.2, 0.25) is 5.91 Å². The molecule has 1 N–H and O–H groups in total. The fourth-order valence-corrected chi connectivity index (χ4v) is 3.48. The lowest BCUT2D eigenvalue weighted by Crippen LogP contribution is -2.15. The predicted octanol–water partition coefficient (Wildman–Crippen LogP) is 4.45. The van der Waals surface area contributed by atoms with Gasteiger partial charge in [-0.2, -0.15) is 0 Å². The minimum atomic E-state index is -0.0578. The van der Waals surface area contributed by atoms with E-state index in [-0.39, 0.29) is 12.0 Å². The summed E-state index contributed by atoms with van der Waals surface area (Å²) in [7, 11) is 0. The molecule has 2 aromatic rings. The molecule has 5 heteroatoms. The maximum Gasteiger partial charge on any atom is 0.234 e. The average Bonchev–Trinajstić information content (AvgIpc) is 2.94. The molecule has 0 saturated heterocycles. The van der Waals surface area contributed by atoms with Crippen LogP contribution in [0, 0.1) is 6.92 Å². The van der Waals surface area contributed by atoms with Crippen LogP contribution in [0.2, 0.25) is 0 Å². The van der Waals surface area contributed by atoms with E-state index in [9.17, 15) is 4.79 Å². The third-order valence-corrected chi connectivity index (χ3v) is 4.98. The van der Waals surface area contributed by atoms with Crippen LogP contribution >= 0.6 is 11.8 Å². The van der Waals surface area contributed by atoms with Gasteiger partial charge in [0.15, 0.2) is 0 Å². The highest BCUT2D eigenvalue weighted by atomic mass is 32.2. The number of anilines is 1. The van der Waals surface area contributed by atoms with Gasteiger partial charge < -0.3 is 14.8 Å². The average molecular weight is 357 g/mol. The molecule has 4 nitrogen and oxygen atoms in total. The van der Waals surface area contributed by atoms with E-state index < -0.39 is 0 Å². The summed E-state index contributed by atoms with van der Waals surface area (Å²) in [6.45, 7) is 6.57. The molecular formula is C20H23NO3S. The molecule has 25 heavy (non-hydrogen) atoms. The van der Waals surface area contributed by atoms with Gasteiger partial charge in [-0.3, -0.25) is 4.79 Å². The van der Waals surface area contributed by atoms with Gasteiger partial charge in [-0.1, -0.05) is 17.7 Å². The van der Waals surface area contributed by atoms with E-state index in [1.165, 1.54) is 17.3 Å². The molecule has 0 bridgehead atoms. The minimum Gasteiger partial charge on any atom is -0.492 e. The number of ether oxygens (including phenoxy) is 2. The summed E-state index contributed by atoms with van der Waals surface area (Å²) in [5, 5.41) is 2.96. The van der Waals surface area contributed by atoms with Crippen molar-refractivity contribution < 1.29 is 14.3 Å². The van der Waals surface area contributed by atoms with Gasteiger partial charge >= 0.3 is 0 Å². The maximum atomic E-state index is 12.3. The molecule has 3 rings (SSSR count). The van der Waals surface area contributed by atoms with E-state index in [4.69, 9.17) is 9.47 Å². The minimum absolute atomic E-state index is 0.0578. The zero-order chi connectivity index (χ0) is 17.8. The highest BCUT2D eigenvalue weighted by Gasteiger charge is 2.22. The molecule has 1 aliphatic heterocycles. The highest BCUT2D eigenvalue weighted by molar-refractivity contribution is 8.00. The second kappa shape index (κ2) is 7.83. The third kappa shape index (κ3) is 4.48. The third-order valence-electron chi connectivity index (χ3n) is 3.96. The van der Waals surface area contributed by atoms with E-state index >= 15 is 0 Å². The van der Waals surface area contributed by atoms with Gasteiger partial charge in [0.25, 0.3) is 0 Å². The molecule has 0 aliphatic carbocycles. The molecule has 0 aromatic heterocycles. The van der Waals surface area contributed by atoms with Crippen LogP contribution in [0.5, 0.6) is 11.5 Å². The van der Waals surface area contributed by atoms with Crippen molar-refractivity contribution in [2.24, 2.45) is 0 Å². The lowest BCUT2D eigenvalue weighted by atomic mass is 10.1. The number of hydrogen-bond donors (Lipinski definition) is 1. The summed E-state index contributed by atoms with van der Waals surface area (Å²) in [5.41, 5.74) is 3.01. The Hall–Kier alpha value is -2.14. The number of rotatable bonds is 6. The van der Waals surface area contributed by atoms with Crippen LogP contribution in [0.3, 0.4) is 0 Å². The number of carbonyl (C=O) groups excluding carboxylic acids is 1. The van der Waals surface area contributed by atoms with Crippen molar-refractivity contribution in [2.45, 2.75) is 38.2 Å². The molecule has 1 amide bonds. The van der Waals surface area contributed by atoms with Crippen LogP contribution in [-0.4, -0.2) is 24.4 Å². The lowest BCUT2D eigenvalue weighted by Gasteiger charge is -2.13. The first-order chi connectivity index (χ1) is 12.0. The molecule has 0 saturated carbocycles. The molecule has 0 unspecified atom stereocenters. The lowest BCUT2D eigenvalue weighted by molar-refractivity contribution is -0.113. The van der Waals surface area contributed by atoms with Gasteiger partial charge in [-0.25, -0.2) is 0 Å². The van der Waals surface area contributed by atoms with E-state index in [2.05, 4.69) is 5.32 Å². The zero-order valence-electron chi connectivity index (χ0n) is 14.8. The van der Waals surface area contributed by atoms with Gasteiger partial charge in [0.05, 0.1) is 18.0 Å². The Kier molecular flexibility index (Phi) is 5.53. The number of benzene rings is 2. The van der Waals surface area contributed by atoms with Gasteiger partial charge in [0, 0.05) is 22.9 Å². The van der Waals surface area contributed by atoms with Crippen LogP contribution in [-0.2, 0) is 11.2 Å². The Balaban J connectivity index is 1.67. The number of aryl methyl sites for hydroxylation is 1. The van der Waals surface area contributed by atoms with Crippen molar-refractivity contribution in [2.75, 3.05) is 17.7 Å². The first-order valence-electron chi connectivity index (χ1n) is 8.51. The summed E-state index contributed by atoms with van der Waals surface area (Å²) < 4.78 is 11.5. The van der Waals surface area contributed by atoms with E-state index in [0.717, 1.165) is 22.6 Å². The van der Waals surface area contributed by atoms with Gasteiger partial charge in [-0.15, -0.1) is 11.8 Å². The molecule has 1 atom stereocenters. The summed E-state index contributed by atoms with van der Waals surface area (Å²) in [4.78, 5) is 13.4. The Morgan fingerprint density at radius 3 is 2.80 bits per heavy atom. The van der Waals surface area contributed by atoms with Crippen molar-refractivity contribution in [3.05, 3.63) is 47.5 Å². The predicted molar refractivity (Wildman–Crippen MR) is 102 cm³/mol. The highest BCUT2D eigenvalue weighted by Crippen LogP contribution is 2.38. The van der Waals surface area contributed by atoms with Crippen LogP contribution < -0.4 is 14.8 Å². The van der Waals surface area contributed by atoms with Crippen LogP contribution in [0.1, 0.15) is 25.0 Å². The number of carbonyl (C=O) groups is 1. The quantitative estimate of drug-likeness (QED) is 0.776. The molecule has 0 spiro atoms. The topological polar surface area (TPSA) is 47.6 Å². The van der Waals surface area contributed by atoms with E-state index in [1.807, 2.05) is 57.2 Å². The van der Waals surface area contributed by atoms with Crippen molar-refractivity contribution in [1.29, 1.82) is 0 Å². The number of hydrogen-bond acceptors (Lipinski definition) is 4. The summed E-state index contributed by atoms with van der Waals surface area (Å²) in [5.74, 6) is 1.82. The number of nitrogens with one attached hydrogen (secondary N) is 1.